The number of fused-ring (bicyclic) bond motifs is 1. The molecule has 0 saturated heterocycles. The largest absolute Gasteiger partial charge is 0.462 e. The standard InChI is InChI=1S/C14H17N3O/c1-14(17(15)13-16-8-9-18-13)7-6-11-4-2-3-5-12(11)10-14/h2-7H,8-10,15H2,1H3. The lowest BCUT2D eigenvalue weighted by Crippen LogP contribution is -2.55. The fourth-order valence-electron chi connectivity index (χ4n) is 2.43. The zero-order valence-corrected chi connectivity index (χ0v) is 10.5. The normalized spacial score (nSPS) is 25.3. The fourth-order valence-corrected chi connectivity index (χ4v) is 2.43. The van der Waals surface area contributed by atoms with E-state index in [2.05, 4.69) is 48.3 Å². The first-order chi connectivity index (χ1) is 8.69. The molecule has 0 bridgehead atoms. The van der Waals surface area contributed by atoms with Gasteiger partial charge >= 0.3 is 6.02 Å². The van der Waals surface area contributed by atoms with Crippen LogP contribution in [0.3, 0.4) is 0 Å². The van der Waals surface area contributed by atoms with E-state index < -0.39 is 0 Å². The van der Waals surface area contributed by atoms with Gasteiger partial charge in [-0.1, -0.05) is 36.4 Å². The van der Waals surface area contributed by atoms with Crippen molar-refractivity contribution < 1.29 is 4.74 Å². The Hall–Kier alpha value is -1.81. The van der Waals surface area contributed by atoms with E-state index in [9.17, 15) is 0 Å². The quantitative estimate of drug-likeness (QED) is 0.602. The first-order valence-electron chi connectivity index (χ1n) is 6.18. The number of hydrogen-bond donors (Lipinski definition) is 1. The Morgan fingerprint density at radius 3 is 3.00 bits per heavy atom. The smallest absolute Gasteiger partial charge is 0.302 e. The number of hydrazine groups is 1. The Balaban J connectivity index is 1.89. The highest BCUT2D eigenvalue weighted by Crippen LogP contribution is 2.29. The molecule has 1 aliphatic heterocycles. The van der Waals surface area contributed by atoms with E-state index >= 15 is 0 Å². The molecule has 94 valence electrons. The summed E-state index contributed by atoms with van der Waals surface area (Å²) in [6.07, 6.45) is 5.10. The van der Waals surface area contributed by atoms with Crippen LogP contribution in [0.2, 0.25) is 0 Å². The number of amidine groups is 1. The predicted molar refractivity (Wildman–Crippen MR) is 71.9 cm³/mol. The van der Waals surface area contributed by atoms with E-state index in [0.717, 1.165) is 6.42 Å². The topological polar surface area (TPSA) is 50.8 Å². The van der Waals surface area contributed by atoms with Gasteiger partial charge in [0.25, 0.3) is 0 Å². The monoisotopic (exact) mass is 243 g/mol. The second kappa shape index (κ2) is 4.14. The molecule has 4 heteroatoms. The van der Waals surface area contributed by atoms with Crippen LogP contribution in [0.4, 0.5) is 0 Å². The summed E-state index contributed by atoms with van der Waals surface area (Å²) < 4.78 is 5.44. The SMILES string of the molecule is CC1(N(N)C2=NCCO2)C=Cc2ccccc2C1. The number of benzene rings is 1. The Kier molecular flexibility index (Phi) is 2.59. The Labute approximate surface area is 107 Å². The lowest BCUT2D eigenvalue weighted by molar-refractivity contribution is 0.184. The molecule has 0 amide bonds. The molecule has 1 atom stereocenters. The first kappa shape index (κ1) is 11.3. The van der Waals surface area contributed by atoms with Crippen LogP contribution in [0.15, 0.2) is 35.3 Å². The van der Waals surface area contributed by atoms with Crippen LogP contribution in [0.1, 0.15) is 18.1 Å². The minimum atomic E-state index is -0.280. The number of aliphatic imine (C=N–C) groups is 1. The first-order valence-corrected chi connectivity index (χ1v) is 6.18. The summed E-state index contributed by atoms with van der Waals surface area (Å²) >= 11 is 0. The van der Waals surface area contributed by atoms with Gasteiger partial charge in [-0.3, -0.25) is 5.01 Å². The molecular formula is C14H17N3O. The maximum Gasteiger partial charge on any atom is 0.302 e. The van der Waals surface area contributed by atoms with E-state index in [1.165, 1.54) is 11.1 Å². The van der Waals surface area contributed by atoms with Gasteiger partial charge in [-0.05, 0) is 18.1 Å². The van der Waals surface area contributed by atoms with Crippen LogP contribution in [-0.4, -0.2) is 29.7 Å². The van der Waals surface area contributed by atoms with Gasteiger partial charge in [-0.15, -0.1) is 0 Å². The van der Waals surface area contributed by atoms with Crippen molar-refractivity contribution in [3.05, 3.63) is 41.5 Å². The molecule has 2 aliphatic rings. The van der Waals surface area contributed by atoms with E-state index in [0.29, 0.717) is 19.2 Å². The van der Waals surface area contributed by atoms with Gasteiger partial charge in [0, 0.05) is 6.42 Å². The number of rotatable bonds is 1. The van der Waals surface area contributed by atoms with Crippen molar-refractivity contribution >= 4 is 12.1 Å². The Morgan fingerprint density at radius 1 is 1.39 bits per heavy atom. The van der Waals surface area contributed by atoms with E-state index in [1.54, 1.807) is 5.01 Å². The molecule has 0 saturated carbocycles. The van der Waals surface area contributed by atoms with Crippen molar-refractivity contribution in [2.75, 3.05) is 13.2 Å². The summed E-state index contributed by atoms with van der Waals surface area (Å²) in [4.78, 5) is 4.27. The van der Waals surface area contributed by atoms with E-state index in [1.807, 2.05) is 0 Å². The van der Waals surface area contributed by atoms with Gasteiger partial charge < -0.3 is 4.74 Å². The number of hydrogen-bond acceptors (Lipinski definition) is 4. The molecule has 1 heterocycles. The molecular weight excluding hydrogens is 226 g/mol. The van der Waals surface area contributed by atoms with Crippen molar-refractivity contribution in [1.82, 2.24) is 5.01 Å². The minimum Gasteiger partial charge on any atom is -0.462 e. The lowest BCUT2D eigenvalue weighted by Gasteiger charge is -2.38. The Morgan fingerprint density at radius 2 is 2.22 bits per heavy atom. The van der Waals surface area contributed by atoms with Gasteiger partial charge in [0.15, 0.2) is 0 Å². The van der Waals surface area contributed by atoms with E-state index in [4.69, 9.17) is 10.6 Å². The second-order valence-electron chi connectivity index (χ2n) is 4.95. The second-order valence-corrected chi connectivity index (χ2v) is 4.95. The highest BCUT2D eigenvalue weighted by atomic mass is 16.5. The molecule has 4 nitrogen and oxygen atoms in total. The zero-order valence-electron chi connectivity index (χ0n) is 10.5. The summed E-state index contributed by atoms with van der Waals surface area (Å²) in [5.74, 6) is 6.17. The predicted octanol–water partition coefficient (Wildman–Crippen LogP) is 1.58. The minimum absolute atomic E-state index is 0.280. The van der Waals surface area contributed by atoms with Crippen molar-refractivity contribution in [2.24, 2.45) is 10.8 Å². The van der Waals surface area contributed by atoms with Crippen molar-refractivity contribution in [1.29, 1.82) is 0 Å². The van der Waals surface area contributed by atoms with Crippen molar-refractivity contribution in [3.63, 3.8) is 0 Å². The van der Waals surface area contributed by atoms with Crippen molar-refractivity contribution in [3.8, 4) is 0 Å². The summed E-state index contributed by atoms with van der Waals surface area (Å²) in [7, 11) is 0. The molecule has 1 aliphatic carbocycles. The van der Waals surface area contributed by atoms with Crippen LogP contribution in [-0.2, 0) is 11.2 Å². The third-order valence-electron chi connectivity index (χ3n) is 3.55. The van der Waals surface area contributed by atoms with Crippen molar-refractivity contribution in [2.45, 2.75) is 18.9 Å². The van der Waals surface area contributed by atoms with Crippen LogP contribution in [0.5, 0.6) is 0 Å². The molecule has 1 aromatic rings. The molecule has 0 aromatic heterocycles. The summed E-state index contributed by atoms with van der Waals surface area (Å²) in [5, 5.41) is 1.65. The maximum absolute atomic E-state index is 6.17. The van der Waals surface area contributed by atoms with Gasteiger partial charge in [0.2, 0.25) is 0 Å². The van der Waals surface area contributed by atoms with Gasteiger partial charge in [0.05, 0.1) is 12.1 Å². The summed E-state index contributed by atoms with van der Waals surface area (Å²) in [6.45, 7) is 3.42. The highest BCUT2D eigenvalue weighted by Gasteiger charge is 2.34. The molecule has 3 rings (SSSR count). The van der Waals surface area contributed by atoms with Gasteiger partial charge in [-0.25, -0.2) is 10.8 Å². The molecule has 1 unspecified atom stereocenters. The molecule has 18 heavy (non-hydrogen) atoms. The highest BCUT2D eigenvalue weighted by molar-refractivity contribution is 5.76. The summed E-state index contributed by atoms with van der Waals surface area (Å²) in [6, 6.07) is 8.92. The average molecular weight is 243 g/mol. The number of nitrogens with zero attached hydrogens (tertiary/aromatic N) is 2. The van der Waals surface area contributed by atoms with Gasteiger partial charge in [-0.2, -0.15) is 0 Å². The third kappa shape index (κ3) is 1.78. The lowest BCUT2D eigenvalue weighted by atomic mass is 9.84. The molecule has 0 radical (unpaired) electrons. The molecule has 1 aromatic carbocycles. The van der Waals surface area contributed by atoms with Crippen LogP contribution in [0.25, 0.3) is 6.08 Å². The van der Waals surface area contributed by atoms with Gasteiger partial charge in [0.1, 0.15) is 6.61 Å². The Bertz CT molecular complexity index is 524. The van der Waals surface area contributed by atoms with E-state index in [-0.39, 0.29) is 5.54 Å². The maximum atomic E-state index is 6.17. The summed E-state index contributed by atoms with van der Waals surface area (Å²) in [5.41, 5.74) is 2.28. The van der Waals surface area contributed by atoms with Crippen LogP contribution >= 0.6 is 0 Å². The number of ether oxygens (including phenoxy) is 1. The third-order valence-corrected chi connectivity index (χ3v) is 3.55. The fraction of sp³-hybridized carbons (Fsp3) is 0.357. The zero-order chi connectivity index (χ0) is 12.6. The number of nitrogens with two attached hydrogens (primary N) is 1. The molecule has 2 N–H and O–H groups in total. The van der Waals surface area contributed by atoms with Crippen LogP contribution in [0, 0.1) is 0 Å². The van der Waals surface area contributed by atoms with Crippen LogP contribution < -0.4 is 5.84 Å². The molecule has 0 spiro atoms. The molecule has 0 fully saturated rings. The average Bonchev–Trinajstić information content (AvgIpc) is 2.91.